The predicted octanol–water partition coefficient (Wildman–Crippen LogP) is 2.39. The van der Waals surface area contributed by atoms with Crippen LogP contribution in [0.1, 0.15) is 12.6 Å². The van der Waals surface area contributed by atoms with E-state index in [1.165, 1.54) is 0 Å². The Kier molecular flexibility index (Phi) is 4.69. The molecule has 1 heterocycles. The lowest BCUT2D eigenvalue weighted by Gasteiger charge is -2.06. The van der Waals surface area contributed by atoms with Crippen LogP contribution in [0, 0.1) is 0 Å². The Morgan fingerprint density at radius 1 is 1.00 bits per heavy atom. The number of nitrogens with one attached hydrogen (secondary N) is 1. The van der Waals surface area contributed by atoms with Crippen LogP contribution in [0.2, 0.25) is 0 Å². The Bertz CT molecular complexity index is 497. The van der Waals surface area contributed by atoms with Gasteiger partial charge >= 0.3 is 0 Å². The molecule has 19 heavy (non-hydrogen) atoms. The summed E-state index contributed by atoms with van der Waals surface area (Å²) in [5, 5.41) is 11.3. The zero-order valence-electron chi connectivity index (χ0n) is 11.1. The van der Waals surface area contributed by atoms with E-state index in [9.17, 15) is 0 Å². The molecule has 0 aliphatic rings. The van der Waals surface area contributed by atoms with E-state index in [2.05, 4.69) is 22.4 Å². The zero-order chi connectivity index (χ0) is 13.5. The molecule has 0 saturated heterocycles. The van der Waals surface area contributed by atoms with Gasteiger partial charge in [-0.25, -0.2) is 0 Å². The molecule has 0 aliphatic carbocycles. The van der Waals surface area contributed by atoms with Gasteiger partial charge in [-0.3, -0.25) is 0 Å². The molecule has 0 amide bonds. The van der Waals surface area contributed by atoms with E-state index in [0.717, 1.165) is 18.0 Å². The smallest absolute Gasteiger partial charge is 0.238 e. The number of rotatable bonds is 6. The summed E-state index contributed by atoms with van der Waals surface area (Å²) in [6, 6.07) is 11.0. The first-order chi connectivity index (χ1) is 9.31. The molecule has 5 heteroatoms. The van der Waals surface area contributed by atoms with Crippen LogP contribution in [0.25, 0.3) is 0 Å². The quantitative estimate of drug-likeness (QED) is 0.863. The molecule has 2 rings (SSSR count). The van der Waals surface area contributed by atoms with Crippen LogP contribution in [-0.4, -0.2) is 23.9 Å². The number of nitrogens with zero attached hydrogens (tertiary/aromatic N) is 2. The first kappa shape index (κ1) is 13.3. The highest BCUT2D eigenvalue weighted by Gasteiger charge is 2.01. The summed E-state index contributed by atoms with van der Waals surface area (Å²) in [5.41, 5.74) is 0.893. The number of aromatic nitrogens is 2. The Hall–Kier alpha value is -2.14. The van der Waals surface area contributed by atoms with Crippen molar-refractivity contribution in [3.05, 3.63) is 42.1 Å². The van der Waals surface area contributed by atoms with Crippen molar-refractivity contribution < 1.29 is 9.47 Å². The largest absolute Gasteiger partial charge is 0.497 e. The fourth-order valence-electron chi connectivity index (χ4n) is 1.51. The van der Waals surface area contributed by atoms with Crippen molar-refractivity contribution >= 4 is 0 Å². The van der Waals surface area contributed by atoms with Crippen molar-refractivity contribution in [1.82, 2.24) is 15.5 Å². The van der Waals surface area contributed by atoms with Crippen LogP contribution >= 0.6 is 0 Å². The van der Waals surface area contributed by atoms with Crippen LogP contribution in [0.5, 0.6) is 17.4 Å². The molecule has 0 saturated carbocycles. The third-order valence-electron chi connectivity index (χ3n) is 2.53. The minimum Gasteiger partial charge on any atom is -0.497 e. The number of hydrogen-bond acceptors (Lipinski definition) is 5. The summed E-state index contributed by atoms with van der Waals surface area (Å²) < 4.78 is 10.7. The van der Waals surface area contributed by atoms with Crippen LogP contribution in [-0.2, 0) is 6.54 Å². The molecule has 1 aromatic heterocycles. The molecule has 0 fully saturated rings. The summed E-state index contributed by atoms with van der Waals surface area (Å²) in [6.45, 7) is 3.67. The van der Waals surface area contributed by atoms with Gasteiger partial charge in [0.25, 0.3) is 0 Å². The van der Waals surface area contributed by atoms with Gasteiger partial charge in [0.05, 0.1) is 12.8 Å². The zero-order valence-corrected chi connectivity index (χ0v) is 11.1. The lowest BCUT2D eigenvalue weighted by atomic mass is 10.3. The minimum atomic E-state index is 0.477. The Morgan fingerprint density at radius 3 is 2.32 bits per heavy atom. The average molecular weight is 259 g/mol. The number of ether oxygens (including phenoxy) is 2. The fourth-order valence-corrected chi connectivity index (χ4v) is 1.51. The van der Waals surface area contributed by atoms with Crippen molar-refractivity contribution in [3.8, 4) is 17.4 Å². The van der Waals surface area contributed by atoms with Gasteiger partial charge in [0.2, 0.25) is 5.88 Å². The number of benzene rings is 1. The Balaban J connectivity index is 1.98. The summed E-state index contributed by atoms with van der Waals surface area (Å²) in [5.74, 6) is 1.97. The van der Waals surface area contributed by atoms with Gasteiger partial charge in [-0.2, -0.15) is 5.10 Å². The number of hydrogen-bond donors (Lipinski definition) is 1. The maximum absolute atomic E-state index is 5.59. The van der Waals surface area contributed by atoms with Gasteiger partial charge in [0.15, 0.2) is 0 Å². The Labute approximate surface area is 112 Å². The van der Waals surface area contributed by atoms with E-state index in [0.29, 0.717) is 18.2 Å². The van der Waals surface area contributed by atoms with Crippen LogP contribution in [0.3, 0.4) is 0 Å². The molecule has 1 aromatic carbocycles. The van der Waals surface area contributed by atoms with Crippen molar-refractivity contribution in [2.45, 2.75) is 13.5 Å². The van der Waals surface area contributed by atoms with E-state index in [1.807, 2.05) is 36.4 Å². The summed E-state index contributed by atoms with van der Waals surface area (Å²) in [6.07, 6.45) is 0. The first-order valence-corrected chi connectivity index (χ1v) is 6.17. The third kappa shape index (κ3) is 3.93. The van der Waals surface area contributed by atoms with Crippen molar-refractivity contribution in [2.24, 2.45) is 0 Å². The first-order valence-electron chi connectivity index (χ1n) is 6.17. The molecule has 0 atom stereocenters. The molecule has 0 bridgehead atoms. The maximum atomic E-state index is 5.59. The van der Waals surface area contributed by atoms with Crippen LogP contribution < -0.4 is 14.8 Å². The molecule has 0 unspecified atom stereocenters. The topological polar surface area (TPSA) is 56.3 Å². The highest BCUT2D eigenvalue weighted by Crippen LogP contribution is 2.21. The third-order valence-corrected chi connectivity index (χ3v) is 2.53. The Morgan fingerprint density at radius 2 is 1.74 bits per heavy atom. The number of methoxy groups -OCH3 is 1. The minimum absolute atomic E-state index is 0.477. The highest BCUT2D eigenvalue weighted by molar-refractivity contribution is 5.33. The second kappa shape index (κ2) is 6.70. The molecule has 0 radical (unpaired) electrons. The summed E-state index contributed by atoms with van der Waals surface area (Å²) >= 11 is 0. The van der Waals surface area contributed by atoms with Gasteiger partial charge < -0.3 is 14.8 Å². The molecule has 5 nitrogen and oxygen atoms in total. The van der Waals surface area contributed by atoms with Crippen molar-refractivity contribution in [2.75, 3.05) is 13.7 Å². The molecule has 1 N–H and O–H groups in total. The predicted molar refractivity (Wildman–Crippen MR) is 72.5 cm³/mol. The van der Waals surface area contributed by atoms with E-state index in [1.54, 1.807) is 7.11 Å². The lowest BCUT2D eigenvalue weighted by Crippen LogP contribution is -2.13. The molecule has 2 aromatic rings. The summed E-state index contributed by atoms with van der Waals surface area (Å²) in [4.78, 5) is 0. The van der Waals surface area contributed by atoms with E-state index < -0.39 is 0 Å². The van der Waals surface area contributed by atoms with Crippen LogP contribution in [0.4, 0.5) is 0 Å². The monoisotopic (exact) mass is 259 g/mol. The second-order valence-electron chi connectivity index (χ2n) is 3.92. The standard InChI is InChI=1S/C14H17N3O2/c1-3-15-10-11-4-9-14(17-16-11)19-13-7-5-12(18-2)6-8-13/h4-9,15H,3,10H2,1-2H3. The SMILES string of the molecule is CCNCc1ccc(Oc2ccc(OC)cc2)nn1. The normalized spacial score (nSPS) is 10.2. The van der Waals surface area contributed by atoms with Gasteiger partial charge in [0.1, 0.15) is 11.5 Å². The molecular formula is C14H17N3O2. The van der Waals surface area contributed by atoms with E-state index >= 15 is 0 Å². The van der Waals surface area contributed by atoms with Gasteiger partial charge in [-0.1, -0.05) is 6.92 Å². The molecule has 0 aliphatic heterocycles. The second-order valence-corrected chi connectivity index (χ2v) is 3.92. The van der Waals surface area contributed by atoms with Gasteiger partial charge in [-0.05, 0) is 36.9 Å². The molecular weight excluding hydrogens is 242 g/mol. The van der Waals surface area contributed by atoms with E-state index in [4.69, 9.17) is 9.47 Å². The van der Waals surface area contributed by atoms with Crippen molar-refractivity contribution in [1.29, 1.82) is 0 Å². The fraction of sp³-hybridized carbons (Fsp3) is 0.286. The van der Waals surface area contributed by atoms with Crippen LogP contribution in [0.15, 0.2) is 36.4 Å². The van der Waals surface area contributed by atoms with Gasteiger partial charge in [0, 0.05) is 12.6 Å². The lowest BCUT2D eigenvalue weighted by molar-refractivity contribution is 0.411. The molecule has 0 spiro atoms. The summed E-state index contributed by atoms with van der Waals surface area (Å²) in [7, 11) is 1.63. The van der Waals surface area contributed by atoms with Gasteiger partial charge in [-0.15, -0.1) is 5.10 Å². The highest BCUT2D eigenvalue weighted by atomic mass is 16.5. The average Bonchev–Trinajstić information content (AvgIpc) is 2.47. The van der Waals surface area contributed by atoms with E-state index in [-0.39, 0.29) is 0 Å². The van der Waals surface area contributed by atoms with Crippen molar-refractivity contribution in [3.63, 3.8) is 0 Å². The molecule has 100 valence electrons. The maximum Gasteiger partial charge on any atom is 0.238 e.